The number of nitrogens with one attached hydrogen (secondary N) is 1. The van der Waals surface area contributed by atoms with Crippen LogP contribution in [-0.2, 0) is 18.3 Å². The number of rotatable bonds is 6. The van der Waals surface area contributed by atoms with Gasteiger partial charge in [0.15, 0.2) is 0 Å². The monoisotopic (exact) mass is 476 g/mol. The van der Waals surface area contributed by atoms with Crippen molar-refractivity contribution in [2.24, 2.45) is 12.8 Å². The molecule has 0 fully saturated rings. The van der Waals surface area contributed by atoms with Crippen LogP contribution in [0.3, 0.4) is 0 Å². The van der Waals surface area contributed by atoms with Crippen LogP contribution in [0.1, 0.15) is 30.4 Å². The summed E-state index contributed by atoms with van der Waals surface area (Å²) in [7, 11) is 1.87. The van der Waals surface area contributed by atoms with Gasteiger partial charge in [0.2, 0.25) is 5.91 Å². The maximum atomic E-state index is 13.0. The summed E-state index contributed by atoms with van der Waals surface area (Å²) in [5, 5.41) is 15.4. The van der Waals surface area contributed by atoms with Crippen LogP contribution in [0.25, 0.3) is 11.1 Å². The number of aromatic nitrogens is 3. The minimum absolute atomic E-state index is 0.0178. The van der Waals surface area contributed by atoms with Crippen molar-refractivity contribution >= 4 is 11.7 Å². The normalized spacial score (nSPS) is 12.3. The molecule has 0 saturated carbocycles. The highest BCUT2D eigenvalue weighted by Crippen LogP contribution is 2.19. The van der Waals surface area contributed by atoms with Crippen molar-refractivity contribution < 1.29 is 13.6 Å². The molecule has 1 amide bonds. The van der Waals surface area contributed by atoms with Crippen LogP contribution < -0.4 is 11.1 Å². The Balaban J connectivity index is 0.000000225. The van der Waals surface area contributed by atoms with E-state index in [1.54, 1.807) is 23.1 Å². The zero-order valence-corrected chi connectivity index (χ0v) is 19.3. The fourth-order valence-electron chi connectivity index (χ4n) is 3.43. The number of benzene rings is 1. The van der Waals surface area contributed by atoms with Gasteiger partial charge in [0.25, 0.3) is 0 Å². The number of anilines is 1. The lowest BCUT2D eigenvalue weighted by Crippen LogP contribution is -2.13. The molecule has 7 nitrogen and oxygen atoms in total. The molecule has 0 atom stereocenters. The molecule has 35 heavy (non-hydrogen) atoms. The first-order chi connectivity index (χ1) is 16.9. The van der Waals surface area contributed by atoms with E-state index < -0.39 is 11.6 Å². The summed E-state index contributed by atoms with van der Waals surface area (Å²) in [6.07, 6.45) is 14.3. The summed E-state index contributed by atoms with van der Waals surface area (Å²) >= 11 is 0. The number of aryl methyl sites for hydroxylation is 1. The van der Waals surface area contributed by atoms with Crippen LogP contribution in [0.2, 0.25) is 0 Å². The van der Waals surface area contributed by atoms with Crippen molar-refractivity contribution in [1.29, 1.82) is 5.26 Å². The third-order valence-corrected chi connectivity index (χ3v) is 5.17. The van der Waals surface area contributed by atoms with Crippen molar-refractivity contribution in [1.82, 2.24) is 14.8 Å². The van der Waals surface area contributed by atoms with Crippen LogP contribution in [0.5, 0.6) is 0 Å². The smallest absolute Gasteiger partial charge is 0.229 e. The number of hydrogen-bond donors (Lipinski definition) is 2. The lowest BCUT2D eigenvalue weighted by molar-refractivity contribution is -0.115. The van der Waals surface area contributed by atoms with Gasteiger partial charge in [0.1, 0.15) is 17.5 Å². The zero-order valence-electron chi connectivity index (χ0n) is 19.3. The van der Waals surface area contributed by atoms with Crippen LogP contribution in [0.15, 0.2) is 66.7 Å². The third-order valence-electron chi connectivity index (χ3n) is 5.17. The van der Waals surface area contributed by atoms with Crippen LogP contribution in [-0.4, -0.2) is 27.2 Å². The number of carbonyl (C=O) groups excluding carboxylic acids is 1. The van der Waals surface area contributed by atoms with E-state index >= 15 is 0 Å². The Hall–Kier alpha value is -4.16. The molecule has 180 valence electrons. The third kappa shape index (κ3) is 7.42. The van der Waals surface area contributed by atoms with Gasteiger partial charge in [-0.1, -0.05) is 18.2 Å². The highest BCUT2D eigenvalue weighted by molar-refractivity contribution is 5.91. The highest BCUT2D eigenvalue weighted by atomic mass is 19.1. The van der Waals surface area contributed by atoms with Gasteiger partial charge >= 0.3 is 0 Å². The lowest BCUT2D eigenvalue weighted by atomic mass is 10.0. The number of halogens is 2. The van der Waals surface area contributed by atoms with Crippen molar-refractivity contribution in [2.75, 3.05) is 11.9 Å². The maximum Gasteiger partial charge on any atom is 0.229 e. The number of allylic oxidation sites excluding steroid dienone is 3. The van der Waals surface area contributed by atoms with Crippen LogP contribution >= 0.6 is 0 Å². The molecule has 2 aromatic heterocycles. The molecule has 0 unspecified atom stereocenters. The van der Waals surface area contributed by atoms with Crippen LogP contribution in [0.4, 0.5) is 14.6 Å². The molecule has 3 aromatic rings. The van der Waals surface area contributed by atoms with E-state index in [2.05, 4.69) is 27.6 Å². The van der Waals surface area contributed by atoms with Crippen molar-refractivity contribution in [3.63, 3.8) is 0 Å². The second-order valence-electron chi connectivity index (χ2n) is 7.89. The Morgan fingerprint density at radius 3 is 2.51 bits per heavy atom. The van der Waals surface area contributed by atoms with Crippen molar-refractivity contribution in [3.8, 4) is 17.2 Å². The molecular formula is C26H26F2N6O. The second-order valence-corrected chi connectivity index (χ2v) is 7.89. The maximum absolute atomic E-state index is 13.0. The highest BCUT2D eigenvalue weighted by Gasteiger charge is 2.10. The number of hydrogen-bond acceptors (Lipinski definition) is 5. The Morgan fingerprint density at radius 1 is 1.20 bits per heavy atom. The van der Waals surface area contributed by atoms with Gasteiger partial charge in [-0.2, -0.15) is 10.4 Å². The predicted octanol–water partition coefficient (Wildman–Crippen LogP) is 4.42. The van der Waals surface area contributed by atoms with Gasteiger partial charge in [-0.3, -0.25) is 9.48 Å². The molecule has 0 saturated heterocycles. The van der Waals surface area contributed by atoms with Gasteiger partial charge in [0, 0.05) is 36.1 Å². The van der Waals surface area contributed by atoms with Crippen molar-refractivity contribution in [3.05, 3.63) is 89.4 Å². The second kappa shape index (κ2) is 12.3. The first kappa shape index (κ1) is 25.5. The SMILES string of the molecule is Cn1cc(-c2ccc(NC(=O)CC3=CCCC=C3)nc2)cn1.N#Cc1cc(F)c(CCN)c(F)c1. The molecule has 1 aliphatic carbocycles. The Morgan fingerprint density at radius 2 is 1.97 bits per heavy atom. The van der Waals surface area contributed by atoms with E-state index in [9.17, 15) is 13.6 Å². The number of amides is 1. The molecule has 0 aliphatic heterocycles. The zero-order chi connectivity index (χ0) is 25.2. The first-order valence-electron chi connectivity index (χ1n) is 11.1. The van der Waals surface area contributed by atoms with Gasteiger partial charge in [-0.15, -0.1) is 0 Å². The summed E-state index contributed by atoms with van der Waals surface area (Å²) in [6.45, 7) is 0.180. The lowest BCUT2D eigenvalue weighted by Gasteiger charge is -2.08. The number of carbonyl (C=O) groups is 1. The Labute approximate surface area is 202 Å². The minimum atomic E-state index is -0.706. The Kier molecular flexibility index (Phi) is 8.98. The van der Waals surface area contributed by atoms with E-state index in [4.69, 9.17) is 11.0 Å². The molecule has 0 bridgehead atoms. The van der Waals surface area contributed by atoms with Gasteiger partial charge < -0.3 is 11.1 Å². The van der Waals surface area contributed by atoms with E-state index in [1.165, 1.54) is 0 Å². The summed E-state index contributed by atoms with van der Waals surface area (Å²) < 4.78 is 27.8. The molecule has 2 heterocycles. The molecule has 0 radical (unpaired) electrons. The average Bonchev–Trinajstić information content (AvgIpc) is 3.29. The number of nitrogens with zero attached hydrogens (tertiary/aromatic N) is 4. The standard InChI is InChI=1S/C17H18N4O.C9H8F2N2/c1-21-12-15(11-19-21)14-7-8-16(18-10-14)20-17(22)9-13-5-3-2-4-6-13;10-8-3-6(5-13)4-9(11)7(8)1-2-12/h3,5-8,10-12H,2,4,9H2,1H3,(H,18,20,22);3-4H,1-2,12H2. The molecule has 9 heteroatoms. The van der Waals surface area contributed by atoms with Gasteiger partial charge in [0.05, 0.1) is 24.3 Å². The molecule has 1 aliphatic rings. The number of nitrogens with two attached hydrogens (primary N) is 1. The van der Waals surface area contributed by atoms with E-state index in [-0.39, 0.29) is 30.0 Å². The topological polar surface area (TPSA) is 110 Å². The van der Waals surface area contributed by atoms with E-state index in [0.717, 1.165) is 41.7 Å². The quantitative estimate of drug-likeness (QED) is 0.547. The number of nitriles is 1. The van der Waals surface area contributed by atoms with Gasteiger partial charge in [-0.05, 0) is 55.6 Å². The number of pyridine rings is 1. The molecule has 1 aromatic carbocycles. The fourth-order valence-corrected chi connectivity index (χ4v) is 3.43. The average molecular weight is 477 g/mol. The molecule has 0 spiro atoms. The molecule has 3 N–H and O–H groups in total. The summed E-state index contributed by atoms with van der Waals surface area (Å²) in [4.78, 5) is 16.3. The molecular weight excluding hydrogens is 450 g/mol. The Bertz CT molecular complexity index is 1250. The largest absolute Gasteiger partial charge is 0.330 e. The fraction of sp³-hybridized carbons (Fsp3) is 0.231. The van der Waals surface area contributed by atoms with E-state index in [0.29, 0.717) is 12.2 Å². The summed E-state index contributed by atoms with van der Waals surface area (Å²) in [5.74, 6) is -0.888. The van der Waals surface area contributed by atoms with Gasteiger partial charge in [-0.25, -0.2) is 13.8 Å². The van der Waals surface area contributed by atoms with E-state index in [1.807, 2.05) is 31.5 Å². The van der Waals surface area contributed by atoms with Crippen molar-refractivity contribution in [2.45, 2.75) is 25.7 Å². The predicted molar refractivity (Wildman–Crippen MR) is 130 cm³/mol. The molecule has 4 rings (SSSR count). The summed E-state index contributed by atoms with van der Waals surface area (Å²) in [6, 6.07) is 7.42. The summed E-state index contributed by atoms with van der Waals surface area (Å²) in [5.41, 5.74) is 8.14. The minimum Gasteiger partial charge on any atom is -0.330 e. The first-order valence-corrected chi connectivity index (χ1v) is 11.1. The van der Waals surface area contributed by atoms with Crippen LogP contribution in [0, 0.1) is 23.0 Å².